The van der Waals surface area contributed by atoms with Gasteiger partial charge in [-0.1, -0.05) is 12.2 Å². The van der Waals surface area contributed by atoms with Gasteiger partial charge < -0.3 is 60.4 Å². The monoisotopic (exact) mass is 805 g/mol. The third-order valence-electron chi connectivity index (χ3n) is 6.97. The number of anilines is 1. The minimum atomic E-state index is -5.70. The molecule has 5 rings (SSSR count). The van der Waals surface area contributed by atoms with E-state index < -0.39 is 85.8 Å². The maximum Gasteiger partial charge on any atom is 1.00 e. The van der Waals surface area contributed by atoms with Gasteiger partial charge in [-0.15, -0.1) is 0 Å². The first-order valence-electron chi connectivity index (χ1n) is 13.3. The van der Waals surface area contributed by atoms with Crippen molar-refractivity contribution in [3.8, 4) is 0 Å². The maximum absolute atomic E-state index is 12.5. The molecular formula is C21H28N7Na2O16P3S+2. The van der Waals surface area contributed by atoms with Crippen LogP contribution in [0.2, 0.25) is 0 Å². The summed E-state index contributed by atoms with van der Waals surface area (Å²) in [6, 6.07) is 3.11. The number of rotatable bonds is 13. The summed E-state index contributed by atoms with van der Waals surface area (Å²) in [5, 5.41) is 31.6. The second-order valence-corrected chi connectivity index (χ2v) is 14.9. The van der Waals surface area contributed by atoms with Gasteiger partial charge in [0.25, 0.3) is 14.1 Å². The molecule has 10 unspecified atom stereocenters. The summed E-state index contributed by atoms with van der Waals surface area (Å²) < 4.78 is 68.2. The van der Waals surface area contributed by atoms with Crippen LogP contribution in [0.1, 0.15) is 18.0 Å². The molecule has 3 aromatic rings. The molecular weight excluding hydrogens is 777 g/mol. The fraction of sp³-hybridized carbons (Fsp3) is 0.476. The molecule has 10 atom stereocenters. The third-order valence-corrected chi connectivity index (χ3v) is 10.3. The van der Waals surface area contributed by atoms with E-state index in [-0.39, 0.29) is 81.1 Å². The molecule has 2 fully saturated rings. The smallest absolute Gasteiger partial charge is 0.756 e. The number of thiocarbonyl (C=S) groups is 1. The van der Waals surface area contributed by atoms with E-state index in [1.807, 2.05) is 0 Å². The number of fused-ring (bicyclic) bond motifs is 1. The van der Waals surface area contributed by atoms with Crippen molar-refractivity contribution in [3.05, 3.63) is 42.7 Å². The SMILES string of the molecule is NC(=S)c1ccc[n+](C2OC(COP(=O)([O-])OP(=O)(O)OCC3OC(n4cnc5c(N)ncnc54)C(OP(=O)(O)O)C3O)C(O)C2O)c1.[Na+].[Na+]. The van der Waals surface area contributed by atoms with Crippen LogP contribution < -0.4 is 80.0 Å². The van der Waals surface area contributed by atoms with Gasteiger partial charge in [0.15, 0.2) is 36.2 Å². The molecule has 0 saturated carbocycles. The van der Waals surface area contributed by atoms with Crippen LogP contribution in [-0.4, -0.2) is 104 Å². The average molecular weight is 805 g/mol. The summed E-state index contributed by atoms with van der Waals surface area (Å²) in [6.07, 6.45) is -7.97. The van der Waals surface area contributed by atoms with Crippen LogP contribution >= 0.6 is 35.7 Å². The van der Waals surface area contributed by atoms with Crippen LogP contribution in [0.25, 0.3) is 11.2 Å². The zero-order chi connectivity index (χ0) is 35.2. The van der Waals surface area contributed by atoms with Crippen LogP contribution in [0, 0.1) is 0 Å². The van der Waals surface area contributed by atoms with Crippen LogP contribution in [0.3, 0.4) is 0 Å². The van der Waals surface area contributed by atoms with E-state index in [1.54, 1.807) is 6.07 Å². The Morgan fingerprint density at radius 3 is 2.34 bits per heavy atom. The molecule has 2 saturated heterocycles. The predicted octanol–water partition coefficient (Wildman–Crippen LogP) is -8.99. The Labute approximate surface area is 330 Å². The third kappa shape index (κ3) is 10.4. The van der Waals surface area contributed by atoms with E-state index in [0.29, 0.717) is 5.56 Å². The summed E-state index contributed by atoms with van der Waals surface area (Å²) in [4.78, 5) is 53.0. The van der Waals surface area contributed by atoms with Gasteiger partial charge in [0.1, 0.15) is 47.4 Å². The van der Waals surface area contributed by atoms with Crippen molar-refractivity contribution >= 4 is 57.7 Å². The standard InChI is InChI=1S/C21H28N7O16P3S.2Na/c22-17-12-19(25-7-24-17)28(8-26-12)21-16(43-45(32,33)34)14(30)11(42-21)6-40-47(37,38)44-46(35,36)39-5-10-13(29)15(31)20(41-10)27-3-1-2-9(4-27)18(23)48;;/h1-4,7-8,10-11,13-16,20-21,29-31H,5-6H2,(H7-,22,23,24,25,32,33,34,35,36,37,38,48);;/q;2*+1. The van der Waals surface area contributed by atoms with Gasteiger partial charge in [0.2, 0.25) is 0 Å². The topological polar surface area (TPSA) is 351 Å². The number of hydrogen-bond acceptors (Lipinski definition) is 18. The van der Waals surface area contributed by atoms with Gasteiger partial charge in [0.05, 0.1) is 25.1 Å². The minimum Gasteiger partial charge on any atom is -0.756 e. The van der Waals surface area contributed by atoms with E-state index in [4.69, 9.17) is 37.7 Å². The predicted molar refractivity (Wildman–Crippen MR) is 155 cm³/mol. The Hall–Kier alpha value is -0.440. The van der Waals surface area contributed by atoms with Gasteiger partial charge in [-0.25, -0.2) is 28.4 Å². The van der Waals surface area contributed by atoms with Crippen LogP contribution in [0.15, 0.2) is 37.2 Å². The normalized spacial score (nSPS) is 29.1. The average Bonchev–Trinajstić information content (AvgIpc) is 3.64. The van der Waals surface area contributed by atoms with Crippen molar-refractivity contribution in [1.82, 2.24) is 19.5 Å². The van der Waals surface area contributed by atoms with Gasteiger partial charge in [-0.05, 0) is 6.07 Å². The van der Waals surface area contributed by atoms with Crippen molar-refractivity contribution < 1.29 is 140 Å². The summed E-state index contributed by atoms with van der Waals surface area (Å²) in [6.45, 7) is -2.07. The molecule has 50 heavy (non-hydrogen) atoms. The van der Waals surface area contributed by atoms with Crippen LogP contribution in [0.4, 0.5) is 5.82 Å². The first-order valence-corrected chi connectivity index (χ1v) is 18.2. The van der Waals surface area contributed by atoms with Gasteiger partial charge in [-0.3, -0.25) is 18.2 Å². The van der Waals surface area contributed by atoms with Crippen molar-refractivity contribution in [3.63, 3.8) is 0 Å². The molecule has 10 N–H and O–H groups in total. The Bertz CT molecular complexity index is 1830. The number of phosphoric ester groups is 3. The first-order chi connectivity index (χ1) is 22.4. The number of hydrogen-bond donors (Lipinski definition) is 8. The second kappa shape index (κ2) is 17.4. The van der Waals surface area contributed by atoms with Crippen molar-refractivity contribution in [2.45, 2.75) is 49.1 Å². The van der Waals surface area contributed by atoms with Crippen molar-refractivity contribution in [1.29, 1.82) is 0 Å². The number of nitrogens with two attached hydrogens (primary N) is 2. The molecule has 0 radical (unpaired) electrons. The van der Waals surface area contributed by atoms with Crippen molar-refractivity contribution in [2.75, 3.05) is 18.9 Å². The molecule has 0 spiro atoms. The molecule has 2 aliphatic heterocycles. The molecule has 3 aromatic heterocycles. The van der Waals surface area contributed by atoms with E-state index >= 15 is 0 Å². The summed E-state index contributed by atoms with van der Waals surface area (Å²) in [7, 11) is -16.5. The number of ether oxygens (including phenoxy) is 2. The first kappa shape index (κ1) is 44.0. The number of nitrogen functional groups attached to an aromatic ring is 1. The number of aliphatic hydroxyl groups excluding tert-OH is 3. The molecule has 0 aromatic carbocycles. The minimum absolute atomic E-state index is 0. The number of aliphatic hydroxyl groups is 3. The van der Waals surface area contributed by atoms with E-state index in [0.717, 1.165) is 17.2 Å². The Balaban J connectivity index is 0.00000338. The Morgan fingerprint density at radius 2 is 1.68 bits per heavy atom. The summed E-state index contributed by atoms with van der Waals surface area (Å²) in [5.74, 6) is -0.0569. The number of imidazole rings is 1. The second-order valence-electron chi connectivity index (χ2n) is 10.2. The largest absolute Gasteiger partial charge is 1.00 e. The zero-order valence-corrected chi connectivity index (χ0v) is 33.4. The molecule has 0 aliphatic carbocycles. The van der Waals surface area contributed by atoms with Crippen molar-refractivity contribution in [2.24, 2.45) is 5.73 Å². The van der Waals surface area contributed by atoms with Crippen LogP contribution in [-0.2, 0) is 41.1 Å². The molecule has 0 bridgehead atoms. The maximum atomic E-state index is 12.5. The number of phosphoric acid groups is 3. The van der Waals surface area contributed by atoms with E-state index in [2.05, 4.69) is 28.3 Å². The molecule has 0 amide bonds. The number of nitrogens with zero attached hydrogens (tertiary/aromatic N) is 5. The Kier molecular flexibility index (Phi) is 15.3. The summed E-state index contributed by atoms with van der Waals surface area (Å²) in [5.41, 5.74) is 11.8. The fourth-order valence-electron chi connectivity index (χ4n) is 4.82. The molecule has 23 nitrogen and oxygen atoms in total. The van der Waals surface area contributed by atoms with E-state index in [9.17, 15) is 48.6 Å². The fourth-order valence-corrected chi connectivity index (χ4v) is 7.54. The Morgan fingerprint density at radius 1 is 1.02 bits per heavy atom. The molecule has 29 heteroatoms. The van der Waals surface area contributed by atoms with Gasteiger partial charge in [-0.2, -0.15) is 4.57 Å². The quantitative estimate of drug-likeness (QED) is 0.0344. The molecule has 2 aliphatic rings. The van der Waals surface area contributed by atoms with Gasteiger partial charge in [0, 0.05) is 6.07 Å². The number of pyridine rings is 1. The van der Waals surface area contributed by atoms with E-state index in [1.165, 1.54) is 23.0 Å². The van der Waals surface area contributed by atoms with Crippen LogP contribution in [0.5, 0.6) is 0 Å². The van der Waals surface area contributed by atoms with Gasteiger partial charge >= 0.3 is 74.8 Å². The molecule has 5 heterocycles. The molecule has 264 valence electrons. The number of aromatic nitrogens is 5. The summed E-state index contributed by atoms with van der Waals surface area (Å²) >= 11 is 4.91. The zero-order valence-electron chi connectivity index (χ0n) is 25.9.